The minimum absolute atomic E-state index is 0.00540. The van der Waals surface area contributed by atoms with Crippen molar-refractivity contribution in [3.8, 4) is 5.75 Å². The SMILES string of the molecule is Cc1ccc(OCC(=O)Nc2ccc(C)c(Br)c2)cc1. The van der Waals surface area contributed by atoms with Gasteiger partial charge in [-0.15, -0.1) is 0 Å². The Hall–Kier alpha value is -1.81. The lowest BCUT2D eigenvalue weighted by Gasteiger charge is -2.08. The van der Waals surface area contributed by atoms with Crippen LogP contribution in [-0.4, -0.2) is 12.5 Å². The maximum atomic E-state index is 11.8. The van der Waals surface area contributed by atoms with Gasteiger partial charge in [0.25, 0.3) is 5.91 Å². The summed E-state index contributed by atoms with van der Waals surface area (Å²) in [5.74, 6) is 0.511. The number of ether oxygens (including phenoxy) is 1. The summed E-state index contributed by atoms with van der Waals surface area (Å²) in [6, 6.07) is 13.3. The van der Waals surface area contributed by atoms with Crippen molar-refractivity contribution in [3.63, 3.8) is 0 Å². The Morgan fingerprint density at radius 1 is 1.15 bits per heavy atom. The lowest BCUT2D eigenvalue weighted by Crippen LogP contribution is -2.20. The number of aryl methyl sites for hydroxylation is 2. The molecule has 0 unspecified atom stereocenters. The quantitative estimate of drug-likeness (QED) is 0.915. The van der Waals surface area contributed by atoms with Crippen LogP contribution in [0.4, 0.5) is 5.69 Å². The van der Waals surface area contributed by atoms with Gasteiger partial charge in [0.05, 0.1) is 0 Å². The largest absolute Gasteiger partial charge is 0.484 e. The molecule has 0 saturated carbocycles. The van der Waals surface area contributed by atoms with Crippen LogP contribution in [-0.2, 0) is 4.79 Å². The molecule has 0 aromatic heterocycles. The van der Waals surface area contributed by atoms with E-state index in [1.807, 2.05) is 56.3 Å². The molecule has 3 nitrogen and oxygen atoms in total. The van der Waals surface area contributed by atoms with Gasteiger partial charge in [-0.1, -0.05) is 39.7 Å². The van der Waals surface area contributed by atoms with E-state index in [2.05, 4.69) is 21.2 Å². The maximum Gasteiger partial charge on any atom is 0.262 e. The van der Waals surface area contributed by atoms with Gasteiger partial charge in [-0.05, 0) is 43.7 Å². The topological polar surface area (TPSA) is 38.3 Å². The molecule has 0 radical (unpaired) electrons. The highest BCUT2D eigenvalue weighted by molar-refractivity contribution is 9.10. The number of carbonyl (C=O) groups excluding carboxylic acids is 1. The van der Waals surface area contributed by atoms with Crippen LogP contribution in [0.15, 0.2) is 46.9 Å². The zero-order valence-corrected chi connectivity index (χ0v) is 13.0. The second-order valence-corrected chi connectivity index (χ2v) is 5.47. The third kappa shape index (κ3) is 4.10. The molecule has 0 spiro atoms. The third-order valence-corrected chi connectivity index (χ3v) is 3.70. The van der Waals surface area contributed by atoms with E-state index >= 15 is 0 Å². The zero-order valence-electron chi connectivity index (χ0n) is 11.4. The first-order valence-corrected chi connectivity index (χ1v) is 7.09. The monoisotopic (exact) mass is 333 g/mol. The van der Waals surface area contributed by atoms with Crippen LogP contribution in [0.5, 0.6) is 5.75 Å². The van der Waals surface area contributed by atoms with Gasteiger partial charge in [0.15, 0.2) is 6.61 Å². The molecule has 2 aromatic carbocycles. The Bertz CT molecular complexity index is 608. The highest BCUT2D eigenvalue weighted by atomic mass is 79.9. The first-order chi connectivity index (χ1) is 9.54. The van der Waals surface area contributed by atoms with Gasteiger partial charge >= 0.3 is 0 Å². The summed E-state index contributed by atoms with van der Waals surface area (Å²) in [5.41, 5.74) is 3.03. The lowest BCUT2D eigenvalue weighted by atomic mass is 10.2. The Morgan fingerprint density at radius 2 is 1.85 bits per heavy atom. The van der Waals surface area contributed by atoms with Crippen molar-refractivity contribution in [2.75, 3.05) is 11.9 Å². The second kappa shape index (κ2) is 6.57. The van der Waals surface area contributed by atoms with Crippen LogP contribution >= 0.6 is 15.9 Å². The molecule has 0 aliphatic carbocycles. The van der Waals surface area contributed by atoms with Gasteiger partial charge in [-0.2, -0.15) is 0 Å². The van der Waals surface area contributed by atoms with Crippen molar-refractivity contribution in [2.24, 2.45) is 0 Å². The van der Waals surface area contributed by atoms with E-state index in [-0.39, 0.29) is 12.5 Å². The molecular formula is C16H16BrNO2. The van der Waals surface area contributed by atoms with Gasteiger partial charge in [-0.3, -0.25) is 4.79 Å². The highest BCUT2D eigenvalue weighted by Crippen LogP contribution is 2.20. The fourth-order valence-corrected chi connectivity index (χ4v) is 2.03. The molecule has 2 rings (SSSR count). The van der Waals surface area contributed by atoms with E-state index in [4.69, 9.17) is 4.74 Å². The fraction of sp³-hybridized carbons (Fsp3) is 0.188. The summed E-state index contributed by atoms with van der Waals surface area (Å²) in [6.07, 6.45) is 0. The molecule has 0 heterocycles. The summed E-state index contributed by atoms with van der Waals surface area (Å²) >= 11 is 3.44. The Morgan fingerprint density at radius 3 is 2.50 bits per heavy atom. The molecule has 20 heavy (non-hydrogen) atoms. The Labute approximate surface area is 127 Å². The molecule has 0 saturated heterocycles. The minimum atomic E-state index is -0.179. The molecule has 1 N–H and O–H groups in total. The van der Waals surface area contributed by atoms with E-state index in [0.717, 1.165) is 21.3 Å². The van der Waals surface area contributed by atoms with Crippen molar-refractivity contribution in [3.05, 3.63) is 58.1 Å². The van der Waals surface area contributed by atoms with E-state index in [9.17, 15) is 4.79 Å². The van der Waals surface area contributed by atoms with Crippen LogP contribution in [0.2, 0.25) is 0 Å². The number of halogens is 1. The minimum Gasteiger partial charge on any atom is -0.484 e. The van der Waals surface area contributed by atoms with Gasteiger partial charge in [0.1, 0.15) is 5.75 Å². The molecule has 104 valence electrons. The number of hydrogen-bond acceptors (Lipinski definition) is 2. The van der Waals surface area contributed by atoms with Crippen molar-refractivity contribution in [1.82, 2.24) is 0 Å². The van der Waals surface area contributed by atoms with Crippen LogP contribution < -0.4 is 10.1 Å². The Kier molecular flexibility index (Phi) is 4.79. The van der Waals surface area contributed by atoms with E-state index in [1.54, 1.807) is 0 Å². The number of benzene rings is 2. The molecule has 2 aromatic rings. The first-order valence-electron chi connectivity index (χ1n) is 6.30. The van der Waals surface area contributed by atoms with E-state index in [0.29, 0.717) is 5.75 Å². The predicted octanol–water partition coefficient (Wildman–Crippen LogP) is 4.08. The van der Waals surface area contributed by atoms with Crippen molar-refractivity contribution in [2.45, 2.75) is 13.8 Å². The van der Waals surface area contributed by atoms with Crippen LogP contribution in [0, 0.1) is 13.8 Å². The highest BCUT2D eigenvalue weighted by Gasteiger charge is 2.05. The summed E-state index contributed by atoms with van der Waals surface area (Å²) < 4.78 is 6.39. The van der Waals surface area contributed by atoms with Crippen LogP contribution in [0.25, 0.3) is 0 Å². The predicted molar refractivity (Wildman–Crippen MR) is 84.2 cm³/mol. The second-order valence-electron chi connectivity index (χ2n) is 4.61. The van der Waals surface area contributed by atoms with E-state index in [1.165, 1.54) is 0 Å². The zero-order chi connectivity index (χ0) is 14.5. The van der Waals surface area contributed by atoms with Gasteiger partial charge < -0.3 is 10.1 Å². The van der Waals surface area contributed by atoms with Crippen LogP contribution in [0.3, 0.4) is 0 Å². The molecular weight excluding hydrogens is 318 g/mol. The average Bonchev–Trinajstić information content (AvgIpc) is 2.42. The van der Waals surface area contributed by atoms with Crippen molar-refractivity contribution >= 4 is 27.5 Å². The molecule has 1 amide bonds. The summed E-state index contributed by atoms with van der Waals surface area (Å²) in [4.78, 5) is 11.8. The maximum absolute atomic E-state index is 11.8. The van der Waals surface area contributed by atoms with Crippen LogP contribution in [0.1, 0.15) is 11.1 Å². The molecule has 0 aliphatic rings. The summed E-state index contributed by atoms with van der Waals surface area (Å²) in [5, 5.41) is 2.80. The number of hydrogen-bond donors (Lipinski definition) is 1. The molecule has 4 heteroatoms. The standard InChI is InChI=1S/C16H16BrNO2/c1-11-3-7-14(8-4-11)20-10-16(19)18-13-6-5-12(2)15(17)9-13/h3-9H,10H2,1-2H3,(H,18,19). The van der Waals surface area contributed by atoms with Crippen molar-refractivity contribution < 1.29 is 9.53 Å². The smallest absolute Gasteiger partial charge is 0.262 e. The fourth-order valence-electron chi connectivity index (χ4n) is 1.65. The molecule has 0 atom stereocenters. The number of nitrogens with one attached hydrogen (secondary N) is 1. The summed E-state index contributed by atoms with van der Waals surface area (Å²) in [7, 11) is 0. The number of amides is 1. The number of anilines is 1. The number of carbonyl (C=O) groups is 1. The molecule has 0 bridgehead atoms. The van der Waals surface area contributed by atoms with Gasteiger partial charge in [0, 0.05) is 10.2 Å². The molecule has 0 fully saturated rings. The van der Waals surface area contributed by atoms with Crippen molar-refractivity contribution in [1.29, 1.82) is 0 Å². The average molecular weight is 334 g/mol. The lowest BCUT2D eigenvalue weighted by molar-refractivity contribution is -0.118. The Balaban J connectivity index is 1.89. The van der Waals surface area contributed by atoms with E-state index < -0.39 is 0 Å². The van der Waals surface area contributed by atoms with Gasteiger partial charge in [0.2, 0.25) is 0 Å². The molecule has 0 aliphatic heterocycles. The summed E-state index contributed by atoms with van der Waals surface area (Å²) in [6.45, 7) is 4.00. The van der Waals surface area contributed by atoms with Gasteiger partial charge in [-0.25, -0.2) is 0 Å². The normalized spacial score (nSPS) is 10.2. The third-order valence-electron chi connectivity index (χ3n) is 2.85. The first kappa shape index (κ1) is 14.6. The number of rotatable bonds is 4.